The van der Waals surface area contributed by atoms with Gasteiger partial charge in [0.15, 0.2) is 0 Å². The number of hydrogen-bond acceptors (Lipinski definition) is 2. The fourth-order valence-electron chi connectivity index (χ4n) is 8.14. The summed E-state index contributed by atoms with van der Waals surface area (Å²) in [6.45, 7) is 0. The van der Waals surface area contributed by atoms with E-state index in [1.807, 2.05) is 12.1 Å². The molecule has 0 bridgehead atoms. The van der Waals surface area contributed by atoms with Crippen LogP contribution in [-0.2, 0) is 0 Å². The molecule has 1 aliphatic rings. The molecule has 11 rings (SSSR count). The molecule has 10 aromatic rings. The number of benzene rings is 8. The first-order valence-corrected chi connectivity index (χ1v) is 17.1. The molecule has 0 unspecified atom stereocenters. The van der Waals surface area contributed by atoms with Gasteiger partial charge in [0.25, 0.3) is 0 Å². The number of rotatable bonds is 2. The molecule has 0 N–H and O–H groups in total. The summed E-state index contributed by atoms with van der Waals surface area (Å²) in [5.41, 5.74) is 18.0. The van der Waals surface area contributed by atoms with Gasteiger partial charge in [-0.25, -0.2) is 0 Å². The van der Waals surface area contributed by atoms with Crippen LogP contribution in [0.3, 0.4) is 0 Å². The molecule has 0 saturated carbocycles. The fourth-order valence-corrected chi connectivity index (χ4v) is 8.14. The zero-order valence-corrected chi connectivity index (χ0v) is 27.0. The van der Waals surface area contributed by atoms with Gasteiger partial charge in [0.1, 0.15) is 22.3 Å². The summed E-state index contributed by atoms with van der Waals surface area (Å²) in [5, 5.41) is 4.49. The largest absolute Gasteiger partial charge is 0.456 e. The number of hydrogen-bond donors (Lipinski definition) is 0. The SMILES string of the molecule is c1ccc2c(c1)-c1ccccc1-c1ccc(-c3cccc4c3oc3ccc(-c5ccc6oc7ccccc7c6c5)cc34)cc1-c1ccccc1-2. The smallest absolute Gasteiger partial charge is 0.143 e. The molecule has 0 fully saturated rings. The van der Waals surface area contributed by atoms with Crippen molar-refractivity contribution in [3.63, 3.8) is 0 Å². The van der Waals surface area contributed by atoms with Crippen LogP contribution in [0.15, 0.2) is 179 Å². The summed E-state index contributed by atoms with van der Waals surface area (Å²) in [4.78, 5) is 0. The first-order chi connectivity index (χ1) is 24.8. The Morgan fingerprint density at radius 1 is 0.240 bits per heavy atom. The number of para-hydroxylation sites is 2. The summed E-state index contributed by atoms with van der Waals surface area (Å²) < 4.78 is 12.8. The van der Waals surface area contributed by atoms with E-state index < -0.39 is 0 Å². The van der Waals surface area contributed by atoms with E-state index in [1.165, 1.54) is 44.5 Å². The van der Waals surface area contributed by atoms with Crippen molar-refractivity contribution in [2.45, 2.75) is 0 Å². The molecular formula is C48H28O2. The predicted octanol–water partition coefficient (Wildman–Crippen LogP) is 13.8. The summed E-state index contributed by atoms with van der Waals surface area (Å²) in [7, 11) is 0. The lowest BCUT2D eigenvalue weighted by molar-refractivity contribution is 0.669. The monoisotopic (exact) mass is 636 g/mol. The van der Waals surface area contributed by atoms with Crippen molar-refractivity contribution >= 4 is 43.9 Å². The summed E-state index contributed by atoms with van der Waals surface area (Å²) >= 11 is 0. The highest BCUT2D eigenvalue weighted by Crippen LogP contribution is 2.49. The van der Waals surface area contributed by atoms with Crippen LogP contribution in [0.1, 0.15) is 0 Å². The van der Waals surface area contributed by atoms with Crippen LogP contribution in [0.2, 0.25) is 0 Å². The van der Waals surface area contributed by atoms with E-state index in [4.69, 9.17) is 8.83 Å². The molecule has 1 aliphatic carbocycles. The van der Waals surface area contributed by atoms with Crippen LogP contribution in [0.5, 0.6) is 0 Å². The minimum atomic E-state index is 0.883. The minimum absolute atomic E-state index is 0.883. The van der Waals surface area contributed by atoms with E-state index in [0.717, 1.165) is 66.1 Å². The van der Waals surface area contributed by atoms with Crippen LogP contribution in [0, 0.1) is 0 Å². The zero-order chi connectivity index (χ0) is 32.8. The molecule has 0 radical (unpaired) electrons. The second kappa shape index (κ2) is 10.4. The molecule has 50 heavy (non-hydrogen) atoms. The lowest BCUT2D eigenvalue weighted by Gasteiger charge is -2.23. The average molecular weight is 637 g/mol. The van der Waals surface area contributed by atoms with Crippen LogP contribution in [0.4, 0.5) is 0 Å². The van der Waals surface area contributed by atoms with Gasteiger partial charge in [0.2, 0.25) is 0 Å². The second-order valence-electron chi connectivity index (χ2n) is 13.2. The summed E-state index contributed by atoms with van der Waals surface area (Å²) in [6, 6.07) is 61.0. The van der Waals surface area contributed by atoms with Gasteiger partial charge < -0.3 is 8.83 Å². The van der Waals surface area contributed by atoms with Crippen molar-refractivity contribution in [1.29, 1.82) is 0 Å². The Kier molecular flexibility index (Phi) is 5.70. The number of furan rings is 2. The van der Waals surface area contributed by atoms with Gasteiger partial charge in [-0.3, -0.25) is 0 Å². The Morgan fingerprint density at radius 2 is 0.680 bits per heavy atom. The molecule has 0 aliphatic heterocycles. The molecular weight excluding hydrogens is 609 g/mol. The van der Waals surface area contributed by atoms with Crippen LogP contribution >= 0.6 is 0 Å². The summed E-state index contributed by atoms with van der Waals surface area (Å²) in [6.07, 6.45) is 0. The number of fused-ring (bicyclic) bond motifs is 14. The van der Waals surface area contributed by atoms with Crippen LogP contribution in [0.25, 0.3) is 111 Å². The molecule has 0 spiro atoms. The van der Waals surface area contributed by atoms with Crippen molar-refractivity contribution in [3.05, 3.63) is 170 Å². The molecule has 0 atom stereocenters. The van der Waals surface area contributed by atoms with Gasteiger partial charge in [-0.1, -0.05) is 133 Å². The van der Waals surface area contributed by atoms with Crippen molar-refractivity contribution in [3.8, 4) is 66.8 Å². The molecule has 0 saturated heterocycles. The molecule has 0 amide bonds. The van der Waals surface area contributed by atoms with Gasteiger partial charge in [0.05, 0.1) is 0 Å². The highest BCUT2D eigenvalue weighted by molar-refractivity contribution is 6.12. The lowest BCUT2D eigenvalue weighted by Crippen LogP contribution is -1.97. The third-order valence-electron chi connectivity index (χ3n) is 10.5. The zero-order valence-electron chi connectivity index (χ0n) is 27.0. The maximum atomic E-state index is 6.69. The first kappa shape index (κ1) is 27.3. The topological polar surface area (TPSA) is 26.3 Å². The summed E-state index contributed by atoms with van der Waals surface area (Å²) in [5.74, 6) is 0. The Bertz CT molecular complexity index is 2980. The normalized spacial score (nSPS) is 12.0. The van der Waals surface area contributed by atoms with Gasteiger partial charge in [-0.15, -0.1) is 0 Å². The third kappa shape index (κ3) is 3.96. The first-order valence-electron chi connectivity index (χ1n) is 17.1. The lowest BCUT2D eigenvalue weighted by atomic mass is 9.80. The van der Waals surface area contributed by atoms with Crippen molar-refractivity contribution < 1.29 is 8.83 Å². The molecule has 2 nitrogen and oxygen atoms in total. The quantitative estimate of drug-likeness (QED) is 0.189. The van der Waals surface area contributed by atoms with Gasteiger partial charge >= 0.3 is 0 Å². The van der Waals surface area contributed by atoms with E-state index in [-0.39, 0.29) is 0 Å². The molecule has 8 aromatic carbocycles. The second-order valence-corrected chi connectivity index (χ2v) is 13.2. The van der Waals surface area contributed by atoms with E-state index in [9.17, 15) is 0 Å². The van der Waals surface area contributed by atoms with Crippen LogP contribution < -0.4 is 0 Å². The van der Waals surface area contributed by atoms with Gasteiger partial charge in [-0.05, 0) is 97.6 Å². The van der Waals surface area contributed by atoms with Crippen molar-refractivity contribution in [2.75, 3.05) is 0 Å². The van der Waals surface area contributed by atoms with E-state index in [2.05, 4.69) is 158 Å². The Labute approximate surface area is 288 Å². The minimum Gasteiger partial charge on any atom is -0.456 e. The Morgan fingerprint density at radius 3 is 1.32 bits per heavy atom. The maximum Gasteiger partial charge on any atom is 0.143 e. The van der Waals surface area contributed by atoms with Gasteiger partial charge in [-0.2, -0.15) is 0 Å². The van der Waals surface area contributed by atoms with Gasteiger partial charge in [0, 0.05) is 27.1 Å². The molecule has 2 heteroatoms. The van der Waals surface area contributed by atoms with Crippen molar-refractivity contribution in [1.82, 2.24) is 0 Å². The molecule has 232 valence electrons. The Hall–Kier alpha value is -6.64. The molecule has 2 heterocycles. The van der Waals surface area contributed by atoms with Crippen molar-refractivity contribution in [2.24, 2.45) is 0 Å². The average Bonchev–Trinajstić information content (AvgIpc) is 3.75. The standard InChI is InChI=1S/C48H28O2/c1-2-11-34-33(10-1)35-12-3-4-14-37(35)39-23-20-31(28-42(39)38-15-6-5-13-36(34)38)32-17-9-18-41-44-27-30(22-25-47(44)50-48(32)41)29-21-24-46-43(26-29)40-16-7-8-19-45(40)49-46/h1-28H. The van der Waals surface area contributed by atoms with E-state index in [1.54, 1.807) is 0 Å². The highest BCUT2D eigenvalue weighted by Gasteiger charge is 2.23. The van der Waals surface area contributed by atoms with E-state index >= 15 is 0 Å². The van der Waals surface area contributed by atoms with Crippen LogP contribution in [-0.4, -0.2) is 0 Å². The molecule has 2 aromatic heterocycles. The third-order valence-corrected chi connectivity index (χ3v) is 10.5. The maximum absolute atomic E-state index is 6.69. The Balaban J connectivity index is 1.09. The fraction of sp³-hybridized carbons (Fsp3) is 0. The van der Waals surface area contributed by atoms with E-state index in [0.29, 0.717) is 0 Å². The predicted molar refractivity (Wildman–Crippen MR) is 207 cm³/mol. The highest BCUT2D eigenvalue weighted by atomic mass is 16.3.